The van der Waals surface area contributed by atoms with Gasteiger partial charge in [-0.15, -0.1) is 0 Å². The van der Waals surface area contributed by atoms with Crippen LogP contribution < -0.4 is 11.1 Å². The molecule has 1 aromatic heterocycles. The molecule has 2 rings (SSSR count). The van der Waals surface area contributed by atoms with Crippen molar-refractivity contribution in [2.45, 2.75) is 19.8 Å². The lowest BCUT2D eigenvalue weighted by atomic mass is 10.1. The molecule has 0 saturated carbocycles. The molecular weight excluding hydrogens is 250 g/mol. The molecule has 3 N–H and O–H groups in total. The van der Waals surface area contributed by atoms with Gasteiger partial charge in [-0.05, 0) is 36.7 Å². The van der Waals surface area contributed by atoms with Crippen molar-refractivity contribution >= 4 is 11.6 Å². The van der Waals surface area contributed by atoms with Crippen molar-refractivity contribution < 1.29 is 4.79 Å². The van der Waals surface area contributed by atoms with Crippen LogP contribution in [0.3, 0.4) is 0 Å². The van der Waals surface area contributed by atoms with E-state index >= 15 is 0 Å². The molecule has 0 radical (unpaired) electrons. The van der Waals surface area contributed by atoms with Crippen LogP contribution in [0.15, 0.2) is 42.6 Å². The van der Waals surface area contributed by atoms with Crippen LogP contribution in [-0.4, -0.2) is 17.4 Å². The first kappa shape index (κ1) is 14.2. The molecule has 0 bridgehead atoms. The Labute approximate surface area is 119 Å². The zero-order valence-electron chi connectivity index (χ0n) is 11.6. The van der Waals surface area contributed by atoms with E-state index in [0.717, 1.165) is 23.4 Å². The lowest BCUT2D eigenvalue weighted by molar-refractivity contribution is 0.102. The molecule has 0 saturated heterocycles. The van der Waals surface area contributed by atoms with Crippen LogP contribution in [0.4, 0.5) is 5.69 Å². The summed E-state index contributed by atoms with van der Waals surface area (Å²) < 4.78 is 0. The highest BCUT2D eigenvalue weighted by molar-refractivity contribution is 6.04. The Hall–Kier alpha value is -2.20. The van der Waals surface area contributed by atoms with Gasteiger partial charge in [-0.1, -0.05) is 25.1 Å². The van der Waals surface area contributed by atoms with E-state index in [4.69, 9.17) is 5.73 Å². The minimum absolute atomic E-state index is 0.119. The Bertz CT molecular complexity index is 596. The van der Waals surface area contributed by atoms with Gasteiger partial charge in [0.05, 0.1) is 0 Å². The van der Waals surface area contributed by atoms with Gasteiger partial charge in [-0.25, -0.2) is 0 Å². The summed E-state index contributed by atoms with van der Waals surface area (Å²) in [6.45, 7) is 2.59. The van der Waals surface area contributed by atoms with Crippen molar-refractivity contribution in [1.82, 2.24) is 4.98 Å². The summed E-state index contributed by atoms with van der Waals surface area (Å²) in [6, 6.07) is 11.3. The molecule has 20 heavy (non-hydrogen) atoms. The van der Waals surface area contributed by atoms with Crippen LogP contribution in [0, 0.1) is 0 Å². The quantitative estimate of drug-likeness (QED) is 0.875. The standard InChI is InChI=1S/C16H19N3O/c1-2-12-5-3-4-6-15(12)19-16(20)13-8-10-18-14(11-13)7-9-17/h3-6,8,10-11H,2,7,9,17H2,1H3,(H,19,20). The maximum Gasteiger partial charge on any atom is 0.255 e. The number of nitrogens with two attached hydrogens (primary N) is 1. The van der Waals surface area contributed by atoms with Gasteiger partial charge < -0.3 is 11.1 Å². The van der Waals surface area contributed by atoms with Crippen molar-refractivity contribution in [2.75, 3.05) is 11.9 Å². The van der Waals surface area contributed by atoms with Gasteiger partial charge in [0, 0.05) is 29.6 Å². The number of aryl methyl sites for hydroxylation is 1. The predicted octanol–water partition coefficient (Wildman–Crippen LogP) is 2.40. The number of anilines is 1. The summed E-state index contributed by atoms with van der Waals surface area (Å²) in [6.07, 6.45) is 3.20. The summed E-state index contributed by atoms with van der Waals surface area (Å²) in [5, 5.41) is 2.95. The van der Waals surface area contributed by atoms with Crippen LogP contribution in [0.5, 0.6) is 0 Å². The SMILES string of the molecule is CCc1ccccc1NC(=O)c1ccnc(CCN)c1. The van der Waals surface area contributed by atoms with Gasteiger partial charge in [0.1, 0.15) is 0 Å². The highest BCUT2D eigenvalue weighted by Crippen LogP contribution is 2.16. The molecule has 1 amide bonds. The van der Waals surface area contributed by atoms with E-state index in [-0.39, 0.29) is 5.91 Å². The third-order valence-electron chi connectivity index (χ3n) is 3.13. The lowest BCUT2D eigenvalue weighted by Gasteiger charge is -2.10. The number of rotatable bonds is 5. The second-order valence-corrected chi connectivity index (χ2v) is 4.54. The Morgan fingerprint density at radius 1 is 1.30 bits per heavy atom. The first-order valence-corrected chi connectivity index (χ1v) is 6.79. The predicted molar refractivity (Wildman–Crippen MR) is 80.8 cm³/mol. The largest absolute Gasteiger partial charge is 0.330 e. The summed E-state index contributed by atoms with van der Waals surface area (Å²) >= 11 is 0. The van der Waals surface area contributed by atoms with E-state index in [1.54, 1.807) is 18.3 Å². The summed E-state index contributed by atoms with van der Waals surface area (Å²) in [7, 11) is 0. The first-order valence-electron chi connectivity index (χ1n) is 6.79. The number of nitrogens with zero attached hydrogens (tertiary/aromatic N) is 1. The third-order valence-corrected chi connectivity index (χ3v) is 3.13. The van der Waals surface area contributed by atoms with Crippen LogP contribution in [0.2, 0.25) is 0 Å². The van der Waals surface area contributed by atoms with E-state index < -0.39 is 0 Å². The highest BCUT2D eigenvalue weighted by Gasteiger charge is 2.09. The fourth-order valence-electron chi connectivity index (χ4n) is 2.05. The Morgan fingerprint density at radius 3 is 2.85 bits per heavy atom. The number of carbonyl (C=O) groups is 1. The monoisotopic (exact) mass is 269 g/mol. The maximum atomic E-state index is 12.3. The summed E-state index contributed by atoms with van der Waals surface area (Å²) in [5.74, 6) is -0.119. The molecule has 0 atom stereocenters. The Morgan fingerprint density at radius 2 is 2.10 bits per heavy atom. The first-order chi connectivity index (χ1) is 9.74. The number of nitrogens with one attached hydrogen (secondary N) is 1. The molecule has 1 aromatic carbocycles. The molecule has 0 aliphatic carbocycles. The molecule has 4 heteroatoms. The van der Waals surface area contributed by atoms with Gasteiger partial charge in [0.25, 0.3) is 5.91 Å². The molecule has 104 valence electrons. The number of para-hydroxylation sites is 1. The summed E-state index contributed by atoms with van der Waals surface area (Å²) in [5.41, 5.74) is 8.93. The second kappa shape index (κ2) is 6.82. The van der Waals surface area contributed by atoms with Crippen LogP contribution in [-0.2, 0) is 12.8 Å². The molecule has 0 unspecified atom stereocenters. The van der Waals surface area contributed by atoms with Crippen molar-refractivity contribution in [2.24, 2.45) is 5.73 Å². The molecular formula is C16H19N3O. The summed E-state index contributed by atoms with van der Waals surface area (Å²) in [4.78, 5) is 16.5. The average molecular weight is 269 g/mol. The van der Waals surface area contributed by atoms with Crippen molar-refractivity contribution in [3.05, 3.63) is 59.4 Å². The van der Waals surface area contributed by atoms with Gasteiger partial charge in [0.2, 0.25) is 0 Å². The number of aromatic nitrogens is 1. The number of amides is 1. The molecule has 4 nitrogen and oxygen atoms in total. The minimum Gasteiger partial charge on any atom is -0.330 e. The van der Waals surface area contributed by atoms with Crippen molar-refractivity contribution in [1.29, 1.82) is 0 Å². The van der Waals surface area contributed by atoms with Gasteiger partial charge in [-0.3, -0.25) is 9.78 Å². The fourth-order valence-corrected chi connectivity index (χ4v) is 2.05. The maximum absolute atomic E-state index is 12.3. The van der Waals surface area contributed by atoms with Crippen molar-refractivity contribution in [3.8, 4) is 0 Å². The van der Waals surface area contributed by atoms with Crippen LogP contribution in [0.25, 0.3) is 0 Å². The van der Waals surface area contributed by atoms with Crippen molar-refractivity contribution in [3.63, 3.8) is 0 Å². The number of carbonyl (C=O) groups excluding carboxylic acids is 1. The second-order valence-electron chi connectivity index (χ2n) is 4.54. The number of benzene rings is 1. The Kier molecular flexibility index (Phi) is 4.85. The zero-order valence-corrected chi connectivity index (χ0v) is 11.6. The fraction of sp³-hybridized carbons (Fsp3) is 0.250. The number of hydrogen-bond donors (Lipinski definition) is 2. The van der Waals surface area contributed by atoms with E-state index in [1.807, 2.05) is 24.3 Å². The highest BCUT2D eigenvalue weighted by atomic mass is 16.1. The molecule has 1 heterocycles. The lowest BCUT2D eigenvalue weighted by Crippen LogP contribution is -2.14. The van der Waals surface area contributed by atoms with Gasteiger partial charge in [-0.2, -0.15) is 0 Å². The topological polar surface area (TPSA) is 68.0 Å². The third kappa shape index (κ3) is 3.42. The Balaban J connectivity index is 2.17. The smallest absolute Gasteiger partial charge is 0.255 e. The van der Waals surface area contributed by atoms with E-state index in [2.05, 4.69) is 17.2 Å². The van der Waals surface area contributed by atoms with Gasteiger partial charge in [0.15, 0.2) is 0 Å². The number of hydrogen-bond acceptors (Lipinski definition) is 3. The van der Waals surface area contributed by atoms with Crippen LogP contribution >= 0.6 is 0 Å². The molecule has 0 aliphatic heterocycles. The van der Waals surface area contributed by atoms with E-state index in [1.165, 1.54) is 0 Å². The minimum atomic E-state index is -0.119. The van der Waals surface area contributed by atoms with Crippen LogP contribution in [0.1, 0.15) is 28.5 Å². The molecule has 0 fully saturated rings. The number of pyridine rings is 1. The average Bonchev–Trinajstić information content (AvgIpc) is 2.48. The zero-order chi connectivity index (χ0) is 14.4. The van der Waals surface area contributed by atoms with E-state index in [9.17, 15) is 4.79 Å². The van der Waals surface area contributed by atoms with Gasteiger partial charge >= 0.3 is 0 Å². The van der Waals surface area contributed by atoms with E-state index in [0.29, 0.717) is 18.5 Å². The molecule has 0 aliphatic rings. The normalized spacial score (nSPS) is 10.3. The molecule has 0 spiro atoms. The molecule has 2 aromatic rings.